The molecule has 0 bridgehead atoms. The zero-order valence-corrected chi connectivity index (χ0v) is 14.5. The quantitative estimate of drug-likeness (QED) is 0.912. The number of nitrogens with two attached hydrogens (primary N) is 1. The molecule has 4 nitrogen and oxygen atoms in total. The summed E-state index contributed by atoms with van der Waals surface area (Å²) in [5.41, 5.74) is 7.92. The average Bonchev–Trinajstić information content (AvgIpc) is 2.81. The normalized spacial score (nSPS) is 29.5. The largest absolute Gasteiger partial charge is 0.345 e. The maximum atomic E-state index is 6.38. The van der Waals surface area contributed by atoms with Crippen molar-refractivity contribution in [3.05, 3.63) is 10.6 Å². The van der Waals surface area contributed by atoms with Gasteiger partial charge in [-0.1, -0.05) is 32.1 Å². The van der Waals surface area contributed by atoms with E-state index in [2.05, 4.69) is 37.5 Å². The SMILES string of the molecule is CCN1CCN(c2nc3c(s2)C(N)CC(C)(C)C3)CC1C. The first kappa shape index (κ1) is 15.3. The Morgan fingerprint density at radius 3 is 2.81 bits per heavy atom. The van der Waals surface area contributed by atoms with E-state index in [9.17, 15) is 0 Å². The van der Waals surface area contributed by atoms with E-state index >= 15 is 0 Å². The minimum Gasteiger partial charge on any atom is -0.345 e. The molecular weight excluding hydrogens is 280 g/mol. The fraction of sp³-hybridized carbons (Fsp3) is 0.812. The number of fused-ring (bicyclic) bond motifs is 1. The minimum absolute atomic E-state index is 0.171. The summed E-state index contributed by atoms with van der Waals surface area (Å²) in [6.07, 6.45) is 2.14. The molecular formula is C16H28N4S. The van der Waals surface area contributed by atoms with Crippen molar-refractivity contribution in [3.63, 3.8) is 0 Å². The molecule has 2 heterocycles. The topological polar surface area (TPSA) is 45.4 Å². The lowest BCUT2D eigenvalue weighted by Crippen LogP contribution is -2.51. The van der Waals surface area contributed by atoms with Crippen molar-refractivity contribution in [1.82, 2.24) is 9.88 Å². The zero-order chi connectivity index (χ0) is 15.2. The van der Waals surface area contributed by atoms with Crippen LogP contribution < -0.4 is 10.6 Å². The molecule has 1 fully saturated rings. The van der Waals surface area contributed by atoms with Gasteiger partial charge in [-0.2, -0.15) is 0 Å². The summed E-state index contributed by atoms with van der Waals surface area (Å²) in [7, 11) is 0. The predicted molar refractivity (Wildman–Crippen MR) is 90.1 cm³/mol. The third kappa shape index (κ3) is 2.96. The zero-order valence-electron chi connectivity index (χ0n) is 13.7. The van der Waals surface area contributed by atoms with Crippen molar-refractivity contribution in [2.45, 2.75) is 52.6 Å². The lowest BCUT2D eigenvalue weighted by Gasteiger charge is -2.39. The summed E-state index contributed by atoms with van der Waals surface area (Å²) in [6.45, 7) is 13.6. The average molecular weight is 308 g/mol. The third-order valence-electron chi connectivity index (χ3n) is 4.91. The van der Waals surface area contributed by atoms with Crippen LogP contribution in [0.25, 0.3) is 0 Å². The number of hydrogen-bond donors (Lipinski definition) is 1. The van der Waals surface area contributed by atoms with Gasteiger partial charge < -0.3 is 10.6 Å². The first-order valence-electron chi connectivity index (χ1n) is 8.14. The highest BCUT2D eigenvalue weighted by molar-refractivity contribution is 7.15. The van der Waals surface area contributed by atoms with Gasteiger partial charge in [0.15, 0.2) is 5.13 Å². The van der Waals surface area contributed by atoms with Gasteiger partial charge in [0.2, 0.25) is 0 Å². The highest BCUT2D eigenvalue weighted by atomic mass is 32.1. The van der Waals surface area contributed by atoms with Gasteiger partial charge in [0, 0.05) is 36.6 Å². The van der Waals surface area contributed by atoms with Crippen LogP contribution in [-0.4, -0.2) is 42.1 Å². The van der Waals surface area contributed by atoms with Crippen LogP contribution in [-0.2, 0) is 6.42 Å². The molecule has 1 aromatic rings. The molecule has 21 heavy (non-hydrogen) atoms. The summed E-state index contributed by atoms with van der Waals surface area (Å²) in [5, 5.41) is 1.19. The summed E-state index contributed by atoms with van der Waals surface area (Å²) in [5.74, 6) is 0. The number of likely N-dealkylation sites (N-methyl/N-ethyl adjacent to an activating group) is 1. The Labute approximate surface area is 132 Å². The van der Waals surface area contributed by atoms with E-state index in [4.69, 9.17) is 10.7 Å². The number of thiazole rings is 1. The Hall–Kier alpha value is -0.650. The molecule has 1 aromatic heterocycles. The van der Waals surface area contributed by atoms with Gasteiger partial charge in [-0.25, -0.2) is 4.98 Å². The second-order valence-electron chi connectivity index (χ2n) is 7.38. The van der Waals surface area contributed by atoms with Crippen LogP contribution in [0, 0.1) is 5.41 Å². The summed E-state index contributed by atoms with van der Waals surface area (Å²) < 4.78 is 0. The molecule has 1 aliphatic carbocycles. The van der Waals surface area contributed by atoms with E-state index in [-0.39, 0.29) is 11.5 Å². The molecule has 5 heteroatoms. The smallest absolute Gasteiger partial charge is 0.185 e. The molecule has 0 aromatic carbocycles. The number of piperazine rings is 1. The number of aromatic nitrogens is 1. The molecule has 0 spiro atoms. The molecule has 1 aliphatic heterocycles. The molecule has 2 N–H and O–H groups in total. The summed E-state index contributed by atoms with van der Waals surface area (Å²) in [4.78, 5) is 11.3. The monoisotopic (exact) mass is 308 g/mol. The van der Waals surface area contributed by atoms with Crippen LogP contribution in [0.1, 0.15) is 50.7 Å². The van der Waals surface area contributed by atoms with E-state index in [1.54, 1.807) is 0 Å². The fourth-order valence-electron chi connectivity index (χ4n) is 3.75. The summed E-state index contributed by atoms with van der Waals surface area (Å²) >= 11 is 1.83. The van der Waals surface area contributed by atoms with Crippen LogP contribution in [0.2, 0.25) is 0 Å². The molecule has 2 atom stereocenters. The van der Waals surface area contributed by atoms with E-state index in [0.717, 1.165) is 39.0 Å². The van der Waals surface area contributed by atoms with Crippen LogP contribution in [0.15, 0.2) is 0 Å². The van der Waals surface area contributed by atoms with E-state index < -0.39 is 0 Å². The Morgan fingerprint density at radius 2 is 2.14 bits per heavy atom. The van der Waals surface area contributed by atoms with Crippen molar-refractivity contribution in [2.75, 3.05) is 31.1 Å². The number of anilines is 1. The predicted octanol–water partition coefficient (Wildman–Crippen LogP) is 2.65. The molecule has 0 radical (unpaired) electrons. The first-order chi connectivity index (χ1) is 9.89. The fourth-order valence-corrected chi connectivity index (χ4v) is 4.87. The molecule has 2 aliphatic rings. The summed E-state index contributed by atoms with van der Waals surface area (Å²) in [6, 6.07) is 0.777. The maximum absolute atomic E-state index is 6.38. The van der Waals surface area contributed by atoms with Crippen LogP contribution in [0.4, 0.5) is 5.13 Å². The van der Waals surface area contributed by atoms with E-state index in [1.807, 2.05) is 11.3 Å². The first-order valence-corrected chi connectivity index (χ1v) is 8.95. The van der Waals surface area contributed by atoms with Crippen LogP contribution in [0.5, 0.6) is 0 Å². The van der Waals surface area contributed by atoms with Crippen molar-refractivity contribution in [2.24, 2.45) is 11.1 Å². The van der Waals surface area contributed by atoms with E-state index in [0.29, 0.717) is 6.04 Å². The second-order valence-corrected chi connectivity index (χ2v) is 8.39. The standard InChI is InChI=1S/C16H28N4S/c1-5-19-6-7-20(10-11(19)2)15-18-13-9-16(3,4)8-12(17)14(13)21-15/h11-12H,5-10,17H2,1-4H3. The molecule has 1 saturated heterocycles. The van der Waals surface area contributed by atoms with Gasteiger partial charge in [-0.3, -0.25) is 4.90 Å². The number of hydrogen-bond acceptors (Lipinski definition) is 5. The lowest BCUT2D eigenvalue weighted by atomic mass is 9.77. The molecule has 3 rings (SSSR count). The molecule has 118 valence electrons. The van der Waals surface area contributed by atoms with Crippen molar-refractivity contribution in [3.8, 4) is 0 Å². The number of rotatable bonds is 2. The Bertz CT molecular complexity index is 510. The minimum atomic E-state index is 0.171. The highest BCUT2D eigenvalue weighted by Crippen LogP contribution is 2.43. The molecule has 2 unspecified atom stereocenters. The van der Waals surface area contributed by atoms with Gasteiger partial charge in [-0.15, -0.1) is 0 Å². The van der Waals surface area contributed by atoms with Gasteiger partial charge in [0.05, 0.1) is 5.69 Å². The van der Waals surface area contributed by atoms with Crippen molar-refractivity contribution >= 4 is 16.5 Å². The van der Waals surface area contributed by atoms with Crippen molar-refractivity contribution in [1.29, 1.82) is 0 Å². The molecule has 0 amide bonds. The Morgan fingerprint density at radius 1 is 1.38 bits per heavy atom. The van der Waals surface area contributed by atoms with Gasteiger partial charge in [0.25, 0.3) is 0 Å². The lowest BCUT2D eigenvalue weighted by molar-refractivity contribution is 0.199. The Balaban J connectivity index is 1.79. The maximum Gasteiger partial charge on any atom is 0.185 e. The van der Waals surface area contributed by atoms with E-state index in [1.165, 1.54) is 15.7 Å². The van der Waals surface area contributed by atoms with Crippen LogP contribution in [0.3, 0.4) is 0 Å². The third-order valence-corrected chi connectivity index (χ3v) is 6.20. The molecule has 0 saturated carbocycles. The second kappa shape index (κ2) is 5.52. The van der Waals surface area contributed by atoms with Crippen molar-refractivity contribution < 1.29 is 0 Å². The Kier molecular flexibility index (Phi) is 4.01. The van der Waals surface area contributed by atoms with Gasteiger partial charge in [0.1, 0.15) is 0 Å². The van der Waals surface area contributed by atoms with Crippen LogP contribution >= 0.6 is 11.3 Å². The van der Waals surface area contributed by atoms with Gasteiger partial charge in [-0.05, 0) is 31.7 Å². The number of nitrogens with zero attached hydrogens (tertiary/aromatic N) is 3. The highest BCUT2D eigenvalue weighted by Gasteiger charge is 2.34. The van der Waals surface area contributed by atoms with Gasteiger partial charge >= 0.3 is 0 Å².